The van der Waals surface area contributed by atoms with Crippen LogP contribution in [0.25, 0.3) is 11.0 Å². The smallest absolute Gasteiger partial charge is 0.404 e. The number of benzene rings is 2. The number of methoxy groups -OCH3 is 1. The number of sulfonamides is 1. The van der Waals surface area contributed by atoms with Gasteiger partial charge in [-0.2, -0.15) is 5.10 Å². The van der Waals surface area contributed by atoms with Gasteiger partial charge in [-0.1, -0.05) is 11.2 Å². The van der Waals surface area contributed by atoms with Crippen LogP contribution in [0.3, 0.4) is 0 Å². The Morgan fingerprint density at radius 3 is 2.73 bits per heavy atom. The van der Waals surface area contributed by atoms with Gasteiger partial charge >= 0.3 is 6.09 Å². The summed E-state index contributed by atoms with van der Waals surface area (Å²) in [5.74, 6) is 0.452. The summed E-state index contributed by atoms with van der Waals surface area (Å²) in [5.41, 5.74) is 1.97. The number of ether oxygens (including phenoxy) is 1. The van der Waals surface area contributed by atoms with Crippen molar-refractivity contribution in [3.05, 3.63) is 60.4 Å². The normalized spacial score (nSPS) is 14.6. The number of carbonyl (C=O) groups is 1. The molecule has 1 aliphatic rings. The lowest BCUT2D eigenvalue weighted by atomic mass is 10.0. The number of fused-ring (bicyclic) bond motifs is 1. The third-order valence-electron chi connectivity index (χ3n) is 6.27. The second-order valence-corrected chi connectivity index (χ2v) is 10.4. The van der Waals surface area contributed by atoms with Crippen LogP contribution in [0.1, 0.15) is 18.4 Å². The molecule has 2 aromatic heterocycles. The maximum atomic E-state index is 13.3. The van der Waals surface area contributed by atoms with Crippen molar-refractivity contribution in [3.63, 3.8) is 0 Å². The highest BCUT2D eigenvalue weighted by molar-refractivity contribution is 7.92. The summed E-state index contributed by atoms with van der Waals surface area (Å²) >= 11 is 0. The molecule has 1 fully saturated rings. The Hall–Kier alpha value is -4.26. The second-order valence-electron chi connectivity index (χ2n) is 8.72. The molecule has 194 valence electrons. The quantitative estimate of drug-likeness (QED) is 0.314. The first-order chi connectivity index (χ1) is 17.8. The first-order valence-corrected chi connectivity index (χ1v) is 13.1. The number of hydrogen-bond acceptors (Lipinski definition) is 8. The van der Waals surface area contributed by atoms with Crippen LogP contribution in [0, 0.1) is 0 Å². The zero-order chi connectivity index (χ0) is 26.0. The number of amides is 1. The Labute approximate surface area is 212 Å². The number of carboxylic acid groups (broad SMARTS) is 1. The van der Waals surface area contributed by atoms with Gasteiger partial charge in [0, 0.05) is 37.2 Å². The number of nitrogens with one attached hydrogen (secondary N) is 2. The molecule has 13 heteroatoms. The van der Waals surface area contributed by atoms with Gasteiger partial charge in [-0.15, -0.1) is 0 Å². The zero-order valence-electron chi connectivity index (χ0n) is 20.0. The predicted octanol–water partition coefficient (Wildman–Crippen LogP) is 3.12. The van der Waals surface area contributed by atoms with E-state index in [4.69, 9.17) is 14.4 Å². The van der Waals surface area contributed by atoms with Crippen LogP contribution in [0.5, 0.6) is 5.75 Å². The molecule has 0 saturated carbocycles. The van der Waals surface area contributed by atoms with Crippen LogP contribution in [0.2, 0.25) is 0 Å². The molecule has 0 spiro atoms. The number of piperidine rings is 1. The van der Waals surface area contributed by atoms with Gasteiger partial charge in [0.05, 0.1) is 18.6 Å². The summed E-state index contributed by atoms with van der Waals surface area (Å²) in [4.78, 5) is 13.0. The van der Waals surface area contributed by atoms with Gasteiger partial charge in [0.25, 0.3) is 10.0 Å². The molecule has 12 nitrogen and oxygen atoms in total. The number of nitrogens with zero attached hydrogens (tertiary/aromatic N) is 4. The Morgan fingerprint density at radius 1 is 1.22 bits per heavy atom. The van der Waals surface area contributed by atoms with Crippen LogP contribution in [0.4, 0.5) is 16.3 Å². The van der Waals surface area contributed by atoms with Gasteiger partial charge in [-0.25, -0.2) is 13.2 Å². The molecule has 0 bridgehead atoms. The zero-order valence-corrected chi connectivity index (χ0v) is 20.8. The van der Waals surface area contributed by atoms with Crippen molar-refractivity contribution < 1.29 is 27.6 Å². The molecule has 0 aliphatic carbocycles. The molecule has 0 atom stereocenters. The molecule has 0 radical (unpaired) electrons. The molecular formula is C24H26N6O6S. The topological polar surface area (TPSA) is 152 Å². The van der Waals surface area contributed by atoms with Crippen LogP contribution in [-0.4, -0.2) is 60.8 Å². The van der Waals surface area contributed by atoms with Gasteiger partial charge in [-0.3, -0.25) is 9.40 Å². The molecule has 5 rings (SSSR count). The average molecular weight is 527 g/mol. The minimum atomic E-state index is -4.00. The Kier molecular flexibility index (Phi) is 6.61. The Bertz CT molecular complexity index is 1510. The Morgan fingerprint density at radius 2 is 2.03 bits per heavy atom. The number of anilines is 2. The van der Waals surface area contributed by atoms with Crippen LogP contribution >= 0.6 is 0 Å². The van der Waals surface area contributed by atoms with Crippen molar-refractivity contribution in [1.29, 1.82) is 0 Å². The fourth-order valence-electron chi connectivity index (χ4n) is 4.48. The molecule has 1 amide bonds. The van der Waals surface area contributed by atoms with E-state index in [9.17, 15) is 13.2 Å². The molecular weight excluding hydrogens is 500 g/mol. The highest BCUT2D eigenvalue weighted by atomic mass is 32.2. The summed E-state index contributed by atoms with van der Waals surface area (Å²) < 4.78 is 41.8. The molecule has 4 aromatic rings. The molecule has 3 heterocycles. The summed E-state index contributed by atoms with van der Waals surface area (Å²) in [5, 5.41) is 20.0. The van der Waals surface area contributed by atoms with Crippen LogP contribution in [-0.2, 0) is 16.6 Å². The lowest BCUT2D eigenvalue weighted by Crippen LogP contribution is -2.44. The van der Waals surface area contributed by atoms with Gasteiger partial charge in [0.15, 0.2) is 11.4 Å². The maximum absolute atomic E-state index is 13.3. The second kappa shape index (κ2) is 10.0. The van der Waals surface area contributed by atoms with Gasteiger partial charge in [-0.05, 0) is 54.8 Å². The van der Waals surface area contributed by atoms with Crippen molar-refractivity contribution in [2.75, 3.05) is 29.8 Å². The first kappa shape index (κ1) is 24.4. The highest BCUT2D eigenvalue weighted by Gasteiger charge is 2.24. The van der Waals surface area contributed by atoms with E-state index in [0.29, 0.717) is 49.2 Å². The van der Waals surface area contributed by atoms with Crippen molar-refractivity contribution in [3.8, 4) is 5.75 Å². The number of hydrogen-bond donors (Lipinski definition) is 3. The van der Waals surface area contributed by atoms with Crippen molar-refractivity contribution in [2.45, 2.75) is 30.3 Å². The summed E-state index contributed by atoms with van der Waals surface area (Å²) in [6.07, 6.45) is 3.75. The third-order valence-corrected chi connectivity index (χ3v) is 7.60. The minimum Gasteiger partial charge on any atom is -0.496 e. The highest BCUT2D eigenvalue weighted by Crippen LogP contribution is 2.35. The maximum Gasteiger partial charge on any atom is 0.404 e. The van der Waals surface area contributed by atoms with E-state index >= 15 is 0 Å². The summed E-state index contributed by atoms with van der Waals surface area (Å²) in [6.45, 7) is 1.69. The lowest BCUT2D eigenvalue weighted by molar-refractivity contribution is 0.187. The lowest BCUT2D eigenvalue weighted by Gasteiger charge is -2.33. The number of rotatable bonds is 8. The largest absolute Gasteiger partial charge is 0.496 e. The molecule has 1 aliphatic heterocycles. The average Bonchev–Trinajstić information content (AvgIpc) is 3.54. The SMILES string of the molecule is COc1cc(Cn2cccn2)cc2onc(NS(=O)(=O)c3cccc(N4CCC(NC(=O)O)CC4)c3)c12. The van der Waals surface area contributed by atoms with Gasteiger partial charge < -0.3 is 24.6 Å². The van der Waals surface area contributed by atoms with E-state index in [2.05, 4.69) is 20.3 Å². The van der Waals surface area contributed by atoms with Crippen molar-refractivity contribution in [1.82, 2.24) is 20.3 Å². The standard InChI is InChI=1S/C24H26N6O6S/c1-35-20-12-16(15-30-9-3-8-25-30)13-21-22(20)23(27-36-21)28-37(33,34)19-5-2-4-18(14-19)29-10-6-17(7-11-29)26-24(31)32/h2-5,8-9,12-14,17,26H,6-7,10-11,15H2,1H3,(H,27,28)(H,31,32). The van der Waals surface area contributed by atoms with Gasteiger partial charge in [0.1, 0.15) is 11.1 Å². The first-order valence-electron chi connectivity index (χ1n) is 11.6. The van der Waals surface area contributed by atoms with E-state index in [1.165, 1.54) is 13.2 Å². The minimum absolute atomic E-state index is 0.0310. The van der Waals surface area contributed by atoms with Crippen molar-refractivity contribution in [2.24, 2.45) is 0 Å². The van der Waals surface area contributed by atoms with E-state index in [0.717, 1.165) is 11.3 Å². The van der Waals surface area contributed by atoms with Crippen LogP contribution in [0.15, 0.2) is 64.3 Å². The fourth-order valence-corrected chi connectivity index (χ4v) is 5.53. The predicted molar refractivity (Wildman–Crippen MR) is 136 cm³/mol. The van der Waals surface area contributed by atoms with Gasteiger partial charge in [0.2, 0.25) is 0 Å². The van der Waals surface area contributed by atoms with E-state index < -0.39 is 16.1 Å². The molecule has 2 aromatic carbocycles. The van der Waals surface area contributed by atoms with E-state index in [-0.39, 0.29) is 16.8 Å². The Balaban J connectivity index is 1.36. The molecule has 1 saturated heterocycles. The third kappa shape index (κ3) is 5.31. The van der Waals surface area contributed by atoms with Crippen LogP contribution < -0.4 is 19.7 Å². The fraction of sp³-hybridized carbons (Fsp3) is 0.292. The molecule has 0 unspecified atom stereocenters. The van der Waals surface area contributed by atoms with E-state index in [1.807, 2.05) is 23.2 Å². The van der Waals surface area contributed by atoms with Crippen molar-refractivity contribution >= 4 is 38.6 Å². The van der Waals surface area contributed by atoms with E-state index in [1.54, 1.807) is 35.1 Å². The summed E-state index contributed by atoms with van der Waals surface area (Å²) in [7, 11) is -2.50. The molecule has 37 heavy (non-hydrogen) atoms. The molecule has 3 N–H and O–H groups in total. The number of aromatic nitrogens is 3. The monoisotopic (exact) mass is 526 g/mol. The summed E-state index contributed by atoms with van der Waals surface area (Å²) in [6, 6.07) is 11.9.